The molecule has 6 heteroatoms. The minimum Gasteiger partial charge on any atom is -0.480 e. The van der Waals surface area contributed by atoms with Crippen molar-refractivity contribution in [3.05, 3.63) is 22.7 Å². The summed E-state index contributed by atoms with van der Waals surface area (Å²) in [4.78, 5) is 6.16. The summed E-state index contributed by atoms with van der Waals surface area (Å²) >= 11 is 1.73. The normalized spacial score (nSPS) is 14.4. The van der Waals surface area contributed by atoms with Crippen molar-refractivity contribution in [2.45, 2.75) is 38.6 Å². The van der Waals surface area contributed by atoms with Gasteiger partial charge in [0.2, 0.25) is 5.88 Å². The molecule has 112 valence electrons. The third kappa shape index (κ3) is 3.39. The lowest BCUT2D eigenvalue weighted by atomic mass is 10.2. The Morgan fingerprint density at radius 2 is 2.19 bits per heavy atom. The quantitative estimate of drug-likeness (QED) is 0.797. The van der Waals surface area contributed by atoms with E-state index in [9.17, 15) is 0 Å². The smallest absolute Gasteiger partial charge is 0.233 e. The van der Waals surface area contributed by atoms with Gasteiger partial charge >= 0.3 is 0 Å². The molecule has 0 aromatic carbocycles. The zero-order valence-electron chi connectivity index (χ0n) is 12.4. The highest BCUT2D eigenvalue weighted by Crippen LogP contribution is 2.44. The van der Waals surface area contributed by atoms with E-state index in [2.05, 4.69) is 22.4 Å². The molecule has 2 aromatic heterocycles. The van der Waals surface area contributed by atoms with E-state index in [4.69, 9.17) is 9.72 Å². The van der Waals surface area contributed by atoms with Crippen LogP contribution in [0.1, 0.15) is 42.7 Å². The van der Waals surface area contributed by atoms with Crippen LogP contribution in [-0.4, -0.2) is 28.8 Å². The molecule has 1 aliphatic rings. The Balaban J connectivity index is 1.82. The fraction of sp³-hybridized carbons (Fsp3) is 0.533. The van der Waals surface area contributed by atoms with Crippen LogP contribution < -0.4 is 10.1 Å². The van der Waals surface area contributed by atoms with Gasteiger partial charge < -0.3 is 10.1 Å². The van der Waals surface area contributed by atoms with Gasteiger partial charge in [-0.2, -0.15) is 0 Å². The first-order valence-corrected chi connectivity index (χ1v) is 8.22. The third-order valence-electron chi connectivity index (χ3n) is 3.47. The lowest BCUT2D eigenvalue weighted by Crippen LogP contribution is -2.13. The van der Waals surface area contributed by atoms with Crippen LogP contribution >= 0.6 is 11.3 Å². The molecule has 0 amide bonds. The van der Waals surface area contributed by atoms with Gasteiger partial charge in [-0.1, -0.05) is 6.92 Å². The standard InChI is InChI=1S/C15H20N4OS/c1-3-8-16-9-12-14(10-4-5-10)17-15(21-12)11-6-7-13(20-2)19-18-11/h6-7,10,16H,3-5,8-9H2,1-2H3. The second-order valence-corrected chi connectivity index (χ2v) is 6.32. The number of hydrogen-bond donors (Lipinski definition) is 1. The van der Waals surface area contributed by atoms with Crippen LogP contribution in [0.3, 0.4) is 0 Å². The third-order valence-corrected chi connectivity index (χ3v) is 4.57. The molecule has 2 heterocycles. The van der Waals surface area contributed by atoms with Crippen molar-refractivity contribution in [1.82, 2.24) is 20.5 Å². The summed E-state index contributed by atoms with van der Waals surface area (Å²) in [6.07, 6.45) is 3.67. The second kappa shape index (κ2) is 6.49. The molecular formula is C15H20N4OS. The Hall–Kier alpha value is -1.53. The summed E-state index contributed by atoms with van der Waals surface area (Å²) in [5.41, 5.74) is 2.08. The first-order chi connectivity index (χ1) is 10.3. The lowest BCUT2D eigenvalue weighted by Gasteiger charge is -2.01. The summed E-state index contributed by atoms with van der Waals surface area (Å²) < 4.78 is 5.05. The van der Waals surface area contributed by atoms with Crippen LogP contribution in [0.4, 0.5) is 0 Å². The van der Waals surface area contributed by atoms with Gasteiger partial charge in [-0.25, -0.2) is 4.98 Å². The summed E-state index contributed by atoms with van der Waals surface area (Å²) in [5, 5.41) is 12.7. The van der Waals surface area contributed by atoms with E-state index < -0.39 is 0 Å². The molecule has 0 atom stereocenters. The number of nitrogens with zero attached hydrogens (tertiary/aromatic N) is 3. The van der Waals surface area contributed by atoms with Gasteiger partial charge in [0, 0.05) is 23.4 Å². The number of rotatable bonds is 7. The van der Waals surface area contributed by atoms with Gasteiger partial charge in [0.1, 0.15) is 10.7 Å². The Kier molecular flexibility index (Phi) is 4.45. The van der Waals surface area contributed by atoms with Crippen molar-refractivity contribution in [3.63, 3.8) is 0 Å². The van der Waals surface area contributed by atoms with Gasteiger partial charge in [0.05, 0.1) is 12.8 Å². The van der Waals surface area contributed by atoms with Crippen LogP contribution in [0.5, 0.6) is 5.88 Å². The minimum atomic E-state index is 0.530. The Morgan fingerprint density at radius 3 is 2.81 bits per heavy atom. The zero-order valence-corrected chi connectivity index (χ0v) is 13.2. The predicted molar refractivity (Wildman–Crippen MR) is 83.7 cm³/mol. The highest BCUT2D eigenvalue weighted by atomic mass is 32.1. The van der Waals surface area contributed by atoms with Crippen molar-refractivity contribution in [3.8, 4) is 16.6 Å². The molecule has 2 aromatic rings. The molecule has 1 aliphatic carbocycles. The highest BCUT2D eigenvalue weighted by molar-refractivity contribution is 7.15. The van der Waals surface area contributed by atoms with Gasteiger partial charge in [0.25, 0.3) is 0 Å². The summed E-state index contributed by atoms with van der Waals surface area (Å²) in [7, 11) is 1.59. The van der Waals surface area contributed by atoms with Crippen molar-refractivity contribution in [2.24, 2.45) is 0 Å². The number of nitrogens with one attached hydrogen (secondary N) is 1. The Labute approximate surface area is 128 Å². The Morgan fingerprint density at radius 1 is 1.33 bits per heavy atom. The van der Waals surface area contributed by atoms with Crippen LogP contribution in [0.2, 0.25) is 0 Å². The molecule has 0 aliphatic heterocycles. The van der Waals surface area contributed by atoms with Gasteiger partial charge in [-0.05, 0) is 31.9 Å². The molecule has 3 rings (SSSR count). The lowest BCUT2D eigenvalue weighted by molar-refractivity contribution is 0.392. The van der Waals surface area contributed by atoms with Crippen molar-refractivity contribution in [2.75, 3.05) is 13.7 Å². The average Bonchev–Trinajstić information content (AvgIpc) is 3.28. The highest BCUT2D eigenvalue weighted by Gasteiger charge is 2.29. The van der Waals surface area contributed by atoms with Crippen molar-refractivity contribution < 1.29 is 4.74 Å². The molecule has 0 saturated heterocycles. The molecule has 0 spiro atoms. The van der Waals surface area contributed by atoms with E-state index in [0.717, 1.165) is 30.2 Å². The van der Waals surface area contributed by atoms with Crippen molar-refractivity contribution in [1.29, 1.82) is 0 Å². The number of aromatic nitrogens is 3. The molecule has 1 N–H and O–H groups in total. The number of methoxy groups -OCH3 is 1. The molecular weight excluding hydrogens is 284 g/mol. The molecule has 0 unspecified atom stereocenters. The Bertz CT molecular complexity index is 592. The molecule has 0 bridgehead atoms. The minimum absolute atomic E-state index is 0.530. The SMILES string of the molecule is CCCNCc1sc(-c2ccc(OC)nn2)nc1C1CC1. The molecule has 0 radical (unpaired) electrons. The van der Waals surface area contributed by atoms with Gasteiger partial charge in [0.15, 0.2) is 0 Å². The topological polar surface area (TPSA) is 59.9 Å². The van der Waals surface area contributed by atoms with E-state index in [1.165, 1.54) is 23.4 Å². The molecule has 21 heavy (non-hydrogen) atoms. The molecule has 5 nitrogen and oxygen atoms in total. The first kappa shape index (κ1) is 14.4. The molecule has 1 saturated carbocycles. The summed E-state index contributed by atoms with van der Waals surface area (Å²) in [5.74, 6) is 1.18. The number of ether oxygens (including phenoxy) is 1. The summed E-state index contributed by atoms with van der Waals surface area (Å²) in [6, 6.07) is 3.75. The van der Waals surface area contributed by atoms with Crippen LogP contribution in [-0.2, 0) is 6.54 Å². The first-order valence-electron chi connectivity index (χ1n) is 7.40. The van der Waals surface area contributed by atoms with E-state index in [1.54, 1.807) is 18.4 Å². The average molecular weight is 304 g/mol. The van der Waals surface area contributed by atoms with Crippen LogP contribution in [0.15, 0.2) is 12.1 Å². The maximum Gasteiger partial charge on any atom is 0.233 e. The van der Waals surface area contributed by atoms with Gasteiger partial charge in [-0.3, -0.25) is 0 Å². The number of hydrogen-bond acceptors (Lipinski definition) is 6. The van der Waals surface area contributed by atoms with Crippen LogP contribution in [0, 0.1) is 0 Å². The maximum atomic E-state index is 5.05. The van der Waals surface area contributed by atoms with Crippen LogP contribution in [0.25, 0.3) is 10.7 Å². The van der Waals surface area contributed by atoms with E-state index in [0.29, 0.717) is 11.8 Å². The maximum absolute atomic E-state index is 5.05. The largest absolute Gasteiger partial charge is 0.480 e. The monoisotopic (exact) mass is 304 g/mol. The summed E-state index contributed by atoms with van der Waals surface area (Å²) in [6.45, 7) is 4.13. The second-order valence-electron chi connectivity index (χ2n) is 5.24. The van der Waals surface area contributed by atoms with Crippen molar-refractivity contribution >= 4 is 11.3 Å². The zero-order chi connectivity index (χ0) is 14.7. The molecule has 1 fully saturated rings. The van der Waals surface area contributed by atoms with Gasteiger partial charge in [-0.15, -0.1) is 21.5 Å². The fourth-order valence-electron chi connectivity index (χ4n) is 2.20. The van der Waals surface area contributed by atoms with E-state index >= 15 is 0 Å². The number of thiazole rings is 1. The fourth-order valence-corrected chi connectivity index (χ4v) is 3.28. The van der Waals surface area contributed by atoms with E-state index in [1.807, 2.05) is 12.1 Å². The van der Waals surface area contributed by atoms with E-state index in [-0.39, 0.29) is 0 Å². The predicted octanol–water partition coefficient (Wildman–Crippen LogP) is 2.99.